The SMILES string of the molecule is C/C(=C\C(=O)O)C(=O)OC(C)CN(C)C.Cl. The van der Waals surface area contributed by atoms with Gasteiger partial charge in [0, 0.05) is 18.2 Å². The fraction of sp³-hybridized carbons (Fsp3) is 0.600. The number of rotatable bonds is 5. The third-order valence-electron chi connectivity index (χ3n) is 1.59. The van der Waals surface area contributed by atoms with E-state index in [9.17, 15) is 9.59 Å². The van der Waals surface area contributed by atoms with Crippen molar-refractivity contribution < 1.29 is 19.4 Å². The standard InChI is InChI=1S/C10H17NO4.ClH/c1-7(5-9(12)13)10(14)15-8(2)6-11(3)4;/h5,8H,6H2,1-4H3,(H,12,13);1H/b7-5+;. The largest absolute Gasteiger partial charge is 0.478 e. The first-order valence-corrected chi connectivity index (χ1v) is 4.60. The molecule has 5 nitrogen and oxygen atoms in total. The van der Waals surface area contributed by atoms with E-state index >= 15 is 0 Å². The Morgan fingerprint density at radius 2 is 1.94 bits per heavy atom. The quantitative estimate of drug-likeness (QED) is 0.582. The molecule has 0 amide bonds. The summed E-state index contributed by atoms with van der Waals surface area (Å²) in [7, 11) is 3.73. The lowest BCUT2D eigenvalue weighted by Gasteiger charge is -2.17. The number of carbonyl (C=O) groups excluding carboxylic acids is 1. The van der Waals surface area contributed by atoms with E-state index in [0.29, 0.717) is 6.54 Å². The second-order valence-corrected chi connectivity index (χ2v) is 3.64. The molecule has 0 aliphatic carbocycles. The minimum Gasteiger partial charge on any atom is -0.478 e. The van der Waals surface area contributed by atoms with Gasteiger partial charge in [-0.2, -0.15) is 0 Å². The zero-order chi connectivity index (χ0) is 12.0. The van der Waals surface area contributed by atoms with E-state index in [-0.39, 0.29) is 24.1 Å². The molecule has 0 aromatic heterocycles. The van der Waals surface area contributed by atoms with Gasteiger partial charge in [0.15, 0.2) is 0 Å². The molecular weight excluding hydrogens is 234 g/mol. The number of hydrogen-bond donors (Lipinski definition) is 1. The first-order valence-electron chi connectivity index (χ1n) is 4.60. The minimum atomic E-state index is -1.15. The number of esters is 1. The Labute approximate surface area is 101 Å². The number of aliphatic carboxylic acids is 1. The fourth-order valence-electron chi connectivity index (χ4n) is 1.07. The van der Waals surface area contributed by atoms with Crippen LogP contribution >= 0.6 is 12.4 Å². The van der Waals surface area contributed by atoms with Gasteiger partial charge in [-0.05, 0) is 27.9 Å². The Bertz CT molecular complexity index is 276. The summed E-state index contributed by atoms with van der Waals surface area (Å²) in [5.41, 5.74) is 0.0908. The number of carbonyl (C=O) groups is 2. The number of nitrogens with zero attached hydrogens (tertiary/aromatic N) is 1. The highest BCUT2D eigenvalue weighted by molar-refractivity contribution is 5.95. The van der Waals surface area contributed by atoms with Crippen molar-refractivity contribution in [1.29, 1.82) is 0 Å². The molecule has 0 fully saturated rings. The summed E-state index contributed by atoms with van der Waals surface area (Å²) >= 11 is 0. The molecule has 0 saturated heterocycles. The lowest BCUT2D eigenvalue weighted by atomic mass is 10.3. The van der Waals surface area contributed by atoms with Crippen LogP contribution < -0.4 is 0 Å². The second kappa shape index (κ2) is 8.13. The number of hydrogen-bond acceptors (Lipinski definition) is 4. The van der Waals surface area contributed by atoms with Gasteiger partial charge >= 0.3 is 11.9 Å². The average molecular weight is 252 g/mol. The van der Waals surface area contributed by atoms with E-state index in [4.69, 9.17) is 9.84 Å². The van der Waals surface area contributed by atoms with E-state index in [1.54, 1.807) is 6.92 Å². The van der Waals surface area contributed by atoms with E-state index < -0.39 is 11.9 Å². The molecule has 0 radical (unpaired) electrons. The van der Waals surface area contributed by atoms with E-state index in [0.717, 1.165) is 6.08 Å². The van der Waals surface area contributed by atoms with Crippen LogP contribution in [0.4, 0.5) is 0 Å². The number of carboxylic acids is 1. The maximum absolute atomic E-state index is 11.3. The van der Waals surface area contributed by atoms with E-state index in [1.165, 1.54) is 6.92 Å². The van der Waals surface area contributed by atoms with Gasteiger partial charge in [0.1, 0.15) is 6.10 Å². The van der Waals surface area contributed by atoms with E-state index in [2.05, 4.69) is 0 Å². The number of halogens is 1. The highest BCUT2D eigenvalue weighted by Gasteiger charge is 2.12. The maximum Gasteiger partial charge on any atom is 0.334 e. The van der Waals surface area contributed by atoms with Crippen LogP contribution in [0.15, 0.2) is 11.6 Å². The van der Waals surface area contributed by atoms with Crippen LogP contribution in [-0.2, 0) is 14.3 Å². The monoisotopic (exact) mass is 251 g/mol. The third-order valence-corrected chi connectivity index (χ3v) is 1.59. The first-order chi connectivity index (χ1) is 6.82. The summed E-state index contributed by atoms with van der Waals surface area (Å²) in [5.74, 6) is -1.74. The van der Waals surface area contributed by atoms with Gasteiger partial charge in [-0.25, -0.2) is 9.59 Å². The van der Waals surface area contributed by atoms with Crippen LogP contribution in [0.3, 0.4) is 0 Å². The Hall–Kier alpha value is -1.07. The molecule has 6 heteroatoms. The molecule has 0 aromatic carbocycles. The minimum absolute atomic E-state index is 0. The molecule has 0 bridgehead atoms. The molecule has 0 saturated carbocycles. The highest BCUT2D eigenvalue weighted by Crippen LogP contribution is 2.01. The zero-order valence-corrected chi connectivity index (χ0v) is 10.7. The van der Waals surface area contributed by atoms with Crippen LogP contribution in [-0.4, -0.2) is 48.7 Å². The number of ether oxygens (including phenoxy) is 1. The Morgan fingerprint density at radius 1 is 1.44 bits per heavy atom. The molecule has 0 aromatic rings. The van der Waals surface area contributed by atoms with Crippen molar-refractivity contribution in [2.75, 3.05) is 20.6 Å². The van der Waals surface area contributed by atoms with Crippen LogP contribution in [0.25, 0.3) is 0 Å². The third kappa shape index (κ3) is 8.26. The fourth-order valence-corrected chi connectivity index (χ4v) is 1.07. The molecule has 1 N–H and O–H groups in total. The molecule has 0 aliphatic rings. The molecule has 0 heterocycles. The lowest BCUT2D eigenvalue weighted by Crippen LogP contribution is -2.28. The van der Waals surface area contributed by atoms with Crippen LogP contribution in [0.1, 0.15) is 13.8 Å². The number of carboxylic acid groups (broad SMARTS) is 1. The smallest absolute Gasteiger partial charge is 0.334 e. The van der Waals surface area contributed by atoms with Gasteiger partial charge < -0.3 is 14.7 Å². The predicted octanol–water partition coefficient (Wildman–Crippen LogP) is 0.932. The molecule has 1 unspecified atom stereocenters. The maximum atomic E-state index is 11.3. The Kier molecular flexibility index (Phi) is 8.80. The molecule has 94 valence electrons. The van der Waals surface area contributed by atoms with Crippen molar-refractivity contribution in [2.24, 2.45) is 0 Å². The average Bonchev–Trinajstić information content (AvgIpc) is 2.00. The van der Waals surface area contributed by atoms with Gasteiger partial charge in [0.05, 0.1) is 0 Å². The van der Waals surface area contributed by atoms with Gasteiger partial charge in [-0.3, -0.25) is 0 Å². The predicted molar refractivity (Wildman–Crippen MR) is 62.7 cm³/mol. The van der Waals surface area contributed by atoms with Crippen molar-refractivity contribution in [3.8, 4) is 0 Å². The molecular formula is C10H18ClNO4. The van der Waals surface area contributed by atoms with Gasteiger partial charge in [-0.1, -0.05) is 0 Å². The first kappa shape index (κ1) is 17.3. The van der Waals surface area contributed by atoms with Gasteiger partial charge in [0.2, 0.25) is 0 Å². The summed E-state index contributed by atoms with van der Waals surface area (Å²) in [4.78, 5) is 23.5. The van der Waals surface area contributed by atoms with Crippen molar-refractivity contribution in [3.63, 3.8) is 0 Å². The normalized spacial score (nSPS) is 12.9. The zero-order valence-electron chi connectivity index (χ0n) is 9.89. The summed E-state index contributed by atoms with van der Waals surface area (Å²) < 4.78 is 5.01. The molecule has 0 spiro atoms. The van der Waals surface area contributed by atoms with Crippen molar-refractivity contribution >= 4 is 24.3 Å². The molecule has 0 aliphatic heterocycles. The Morgan fingerprint density at radius 3 is 2.31 bits per heavy atom. The van der Waals surface area contributed by atoms with Crippen molar-refractivity contribution in [2.45, 2.75) is 20.0 Å². The number of likely N-dealkylation sites (N-methyl/N-ethyl adjacent to an activating group) is 1. The summed E-state index contributed by atoms with van der Waals surface area (Å²) in [5, 5.41) is 8.42. The van der Waals surface area contributed by atoms with Crippen LogP contribution in [0, 0.1) is 0 Å². The lowest BCUT2D eigenvalue weighted by molar-refractivity contribution is -0.144. The molecule has 16 heavy (non-hydrogen) atoms. The topological polar surface area (TPSA) is 66.8 Å². The van der Waals surface area contributed by atoms with Crippen molar-refractivity contribution in [3.05, 3.63) is 11.6 Å². The van der Waals surface area contributed by atoms with Crippen LogP contribution in [0.2, 0.25) is 0 Å². The van der Waals surface area contributed by atoms with Crippen LogP contribution in [0.5, 0.6) is 0 Å². The van der Waals surface area contributed by atoms with Crippen molar-refractivity contribution in [1.82, 2.24) is 4.90 Å². The molecule has 1 atom stereocenters. The van der Waals surface area contributed by atoms with E-state index in [1.807, 2.05) is 19.0 Å². The van der Waals surface area contributed by atoms with Gasteiger partial charge in [-0.15, -0.1) is 12.4 Å². The summed E-state index contributed by atoms with van der Waals surface area (Å²) in [6, 6.07) is 0. The highest BCUT2D eigenvalue weighted by atomic mass is 35.5. The Balaban J connectivity index is 0. The summed E-state index contributed by atoms with van der Waals surface area (Å²) in [6.07, 6.45) is 0.578. The second-order valence-electron chi connectivity index (χ2n) is 3.64. The van der Waals surface area contributed by atoms with Gasteiger partial charge in [0.25, 0.3) is 0 Å². The molecule has 0 rings (SSSR count). The summed E-state index contributed by atoms with van der Waals surface area (Å²) in [6.45, 7) is 3.77.